The molecule has 0 bridgehead atoms. The molecule has 1 atom stereocenters. The van der Waals surface area contributed by atoms with Gasteiger partial charge in [-0.3, -0.25) is 0 Å². The summed E-state index contributed by atoms with van der Waals surface area (Å²) in [6.45, 7) is 1.30. The molecule has 1 saturated heterocycles. The van der Waals surface area contributed by atoms with Crippen LogP contribution in [-0.4, -0.2) is 51.9 Å². The van der Waals surface area contributed by atoms with Crippen LogP contribution in [0.15, 0.2) is 42.5 Å². The van der Waals surface area contributed by atoms with E-state index >= 15 is 0 Å². The van der Waals surface area contributed by atoms with Crippen LogP contribution in [0.25, 0.3) is 15.7 Å². The van der Waals surface area contributed by atoms with Gasteiger partial charge in [0.25, 0.3) is 0 Å². The number of rotatable bonds is 5. The van der Waals surface area contributed by atoms with Gasteiger partial charge in [0.1, 0.15) is 12.4 Å². The SMILES string of the molecule is CS(=O)(=O)N1CCCC(c2nnc3sc(COc4cccc5ccccc45)nn23)C1. The summed E-state index contributed by atoms with van der Waals surface area (Å²) in [6, 6.07) is 14.1. The van der Waals surface area contributed by atoms with E-state index in [4.69, 9.17) is 4.74 Å². The number of piperidine rings is 1. The molecule has 156 valence electrons. The summed E-state index contributed by atoms with van der Waals surface area (Å²) in [7, 11) is -3.22. The molecule has 4 aromatic rings. The number of hydrogen-bond acceptors (Lipinski definition) is 7. The second-order valence-corrected chi connectivity index (χ2v) is 10.5. The minimum Gasteiger partial charge on any atom is -0.486 e. The van der Waals surface area contributed by atoms with Crippen LogP contribution >= 0.6 is 11.3 Å². The van der Waals surface area contributed by atoms with Gasteiger partial charge in [0.2, 0.25) is 15.0 Å². The first-order valence-corrected chi connectivity index (χ1v) is 12.4. The Balaban J connectivity index is 1.37. The zero-order chi connectivity index (χ0) is 20.7. The number of fused-ring (bicyclic) bond motifs is 2. The van der Waals surface area contributed by atoms with Crippen LogP contribution in [0.5, 0.6) is 5.75 Å². The highest BCUT2D eigenvalue weighted by Gasteiger charge is 2.30. The maximum absolute atomic E-state index is 11.9. The second-order valence-electron chi connectivity index (χ2n) is 7.47. The Hall–Kier alpha value is -2.56. The molecule has 2 aromatic heterocycles. The zero-order valence-corrected chi connectivity index (χ0v) is 18.1. The molecule has 0 radical (unpaired) electrons. The van der Waals surface area contributed by atoms with Crippen LogP contribution in [0, 0.1) is 0 Å². The molecule has 1 unspecified atom stereocenters. The summed E-state index contributed by atoms with van der Waals surface area (Å²) in [6.07, 6.45) is 2.92. The first kappa shape index (κ1) is 19.4. The van der Waals surface area contributed by atoms with Gasteiger partial charge in [-0.05, 0) is 24.3 Å². The number of aromatic nitrogens is 4. The van der Waals surface area contributed by atoms with Gasteiger partial charge in [0, 0.05) is 24.4 Å². The summed E-state index contributed by atoms with van der Waals surface area (Å²) >= 11 is 1.43. The number of nitrogens with zero attached hydrogens (tertiary/aromatic N) is 5. The molecule has 8 nitrogen and oxygen atoms in total. The molecule has 30 heavy (non-hydrogen) atoms. The number of hydrogen-bond donors (Lipinski definition) is 0. The largest absolute Gasteiger partial charge is 0.486 e. The molecule has 3 heterocycles. The minimum atomic E-state index is -3.22. The van der Waals surface area contributed by atoms with E-state index in [1.165, 1.54) is 21.9 Å². The molecule has 1 aliphatic rings. The van der Waals surface area contributed by atoms with Gasteiger partial charge in [0.05, 0.1) is 6.26 Å². The molecule has 1 fully saturated rings. The number of benzene rings is 2. The number of sulfonamides is 1. The summed E-state index contributed by atoms with van der Waals surface area (Å²) in [5, 5.41) is 16.2. The molecular weight excluding hydrogens is 422 g/mol. The Kier molecular flexibility index (Phi) is 4.92. The van der Waals surface area contributed by atoms with Crippen LogP contribution in [0.1, 0.15) is 29.6 Å². The lowest BCUT2D eigenvalue weighted by atomic mass is 9.99. The standard InChI is InChI=1S/C20H21N5O3S2/c1-30(26,27)24-11-5-8-15(12-24)19-21-22-20-25(19)23-18(29-20)13-28-17-10-4-7-14-6-2-3-9-16(14)17/h2-4,6-7,9-10,15H,5,8,11-13H2,1H3. The van der Waals surface area contributed by atoms with Crippen LogP contribution in [0.3, 0.4) is 0 Å². The van der Waals surface area contributed by atoms with E-state index in [0.717, 1.165) is 34.4 Å². The van der Waals surface area contributed by atoms with Crippen molar-refractivity contribution in [1.29, 1.82) is 0 Å². The topological polar surface area (TPSA) is 89.7 Å². The summed E-state index contributed by atoms with van der Waals surface area (Å²) in [5.41, 5.74) is 0. The van der Waals surface area contributed by atoms with Crippen molar-refractivity contribution >= 4 is 37.1 Å². The molecule has 5 rings (SSSR count). The predicted octanol–water partition coefficient (Wildman–Crippen LogP) is 3.06. The molecule has 2 aromatic carbocycles. The van der Waals surface area contributed by atoms with Gasteiger partial charge >= 0.3 is 0 Å². The van der Waals surface area contributed by atoms with Crippen LogP contribution < -0.4 is 4.74 Å². The Labute approximate surface area is 178 Å². The van der Waals surface area contributed by atoms with Crippen molar-refractivity contribution < 1.29 is 13.2 Å². The van der Waals surface area contributed by atoms with Crippen molar-refractivity contribution in [2.45, 2.75) is 25.4 Å². The summed E-state index contributed by atoms with van der Waals surface area (Å²) < 4.78 is 33.2. The van der Waals surface area contributed by atoms with Crippen molar-refractivity contribution in [3.8, 4) is 5.75 Å². The lowest BCUT2D eigenvalue weighted by Gasteiger charge is -2.29. The third kappa shape index (κ3) is 3.66. The van der Waals surface area contributed by atoms with Crippen LogP contribution in [0.4, 0.5) is 0 Å². The van der Waals surface area contributed by atoms with E-state index in [1.54, 1.807) is 4.52 Å². The normalized spacial score (nSPS) is 18.2. The van der Waals surface area contributed by atoms with Crippen molar-refractivity contribution in [2.24, 2.45) is 0 Å². The average molecular weight is 444 g/mol. The molecule has 1 aliphatic heterocycles. The maximum atomic E-state index is 11.9. The van der Waals surface area contributed by atoms with Gasteiger partial charge in [-0.2, -0.15) is 9.61 Å². The molecule has 0 N–H and O–H groups in total. The van der Waals surface area contributed by atoms with E-state index < -0.39 is 10.0 Å². The fourth-order valence-electron chi connectivity index (χ4n) is 3.90. The van der Waals surface area contributed by atoms with E-state index in [0.29, 0.717) is 30.5 Å². The van der Waals surface area contributed by atoms with E-state index in [-0.39, 0.29) is 5.92 Å². The highest BCUT2D eigenvalue weighted by Crippen LogP contribution is 2.29. The predicted molar refractivity (Wildman–Crippen MR) is 115 cm³/mol. The number of ether oxygens (including phenoxy) is 1. The van der Waals surface area contributed by atoms with Crippen molar-refractivity contribution in [3.05, 3.63) is 53.3 Å². The molecular formula is C20H21N5O3S2. The minimum absolute atomic E-state index is 0.0163. The van der Waals surface area contributed by atoms with Crippen LogP contribution in [-0.2, 0) is 16.6 Å². The first-order chi connectivity index (χ1) is 14.5. The third-order valence-electron chi connectivity index (χ3n) is 5.38. The van der Waals surface area contributed by atoms with E-state index in [1.807, 2.05) is 30.3 Å². The Bertz CT molecular complexity index is 1310. The zero-order valence-electron chi connectivity index (χ0n) is 16.4. The Morgan fingerprint density at radius 1 is 1.17 bits per heavy atom. The highest BCUT2D eigenvalue weighted by atomic mass is 32.2. The Morgan fingerprint density at radius 3 is 2.87 bits per heavy atom. The molecule has 0 saturated carbocycles. The fraction of sp³-hybridized carbons (Fsp3) is 0.350. The van der Waals surface area contributed by atoms with Crippen molar-refractivity contribution in [2.75, 3.05) is 19.3 Å². The van der Waals surface area contributed by atoms with Crippen molar-refractivity contribution in [1.82, 2.24) is 24.1 Å². The quantitative estimate of drug-likeness (QED) is 0.471. The second kappa shape index (κ2) is 7.60. The average Bonchev–Trinajstić information content (AvgIpc) is 3.32. The lowest BCUT2D eigenvalue weighted by Crippen LogP contribution is -2.38. The monoisotopic (exact) mass is 443 g/mol. The van der Waals surface area contributed by atoms with Crippen LogP contribution in [0.2, 0.25) is 0 Å². The highest BCUT2D eigenvalue weighted by molar-refractivity contribution is 7.88. The maximum Gasteiger partial charge on any atom is 0.234 e. The molecule has 10 heteroatoms. The first-order valence-electron chi connectivity index (χ1n) is 9.76. The molecule has 0 spiro atoms. The van der Waals surface area contributed by atoms with Gasteiger partial charge in [-0.15, -0.1) is 10.2 Å². The summed E-state index contributed by atoms with van der Waals surface area (Å²) in [4.78, 5) is 0.693. The lowest BCUT2D eigenvalue weighted by molar-refractivity contribution is 0.303. The van der Waals surface area contributed by atoms with Gasteiger partial charge in [0.15, 0.2) is 10.8 Å². The summed E-state index contributed by atoms with van der Waals surface area (Å²) in [5.74, 6) is 1.51. The van der Waals surface area contributed by atoms with E-state index in [9.17, 15) is 8.42 Å². The third-order valence-corrected chi connectivity index (χ3v) is 7.52. The van der Waals surface area contributed by atoms with Gasteiger partial charge < -0.3 is 4.74 Å². The molecule has 0 aliphatic carbocycles. The smallest absolute Gasteiger partial charge is 0.234 e. The fourth-order valence-corrected chi connectivity index (χ4v) is 5.57. The van der Waals surface area contributed by atoms with Crippen molar-refractivity contribution in [3.63, 3.8) is 0 Å². The van der Waals surface area contributed by atoms with E-state index in [2.05, 4.69) is 27.4 Å². The molecule has 0 amide bonds. The van der Waals surface area contributed by atoms with Gasteiger partial charge in [-0.1, -0.05) is 47.7 Å². The Morgan fingerprint density at radius 2 is 2.00 bits per heavy atom. The van der Waals surface area contributed by atoms with Gasteiger partial charge in [-0.25, -0.2) is 12.7 Å².